The van der Waals surface area contributed by atoms with Gasteiger partial charge in [-0.1, -0.05) is 324 Å². The zero-order valence-corrected chi connectivity index (χ0v) is 46.6. The predicted octanol–water partition coefficient (Wildman–Crippen LogP) is 22.8. The van der Waals surface area contributed by atoms with Crippen molar-refractivity contribution in [2.45, 2.75) is 324 Å². The molecule has 0 N–H and O–H groups in total. The van der Waals surface area contributed by atoms with E-state index < -0.39 is 0 Å². The van der Waals surface area contributed by atoms with Gasteiger partial charge in [0.05, 0.1) is 0 Å². The van der Waals surface area contributed by atoms with Gasteiger partial charge >= 0.3 is 0 Å². The SMILES string of the molecule is CC(C)C(C)C(C)C(C)C.CCC1CCC(CC)CC1.CCCCCC(C)CC.CCCCCCC(C)C(CC)CCC.CCCCCCCCCCC(C)C(C)CCC. The van der Waals surface area contributed by atoms with Gasteiger partial charge in [0.15, 0.2) is 0 Å². The highest BCUT2D eigenvalue weighted by atomic mass is 14.2. The highest BCUT2D eigenvalue weighted by Crippen LogP contribution is 2.32. The standard InChI is InChI=1S/C17H36.C14H30.C10H20.C10H22.C9H20/c1-5-7-8-9-10-11-12-13-15-17(4)16(3)14-6-2;1-5-8-9-10-12-13(4)14(7-3)11-6-2;1-3-9-5-7-10(4-2)8-6-9;1-7(2)9(5)10(6)8(3)4;1-4-6-7-8-9(3)5-2/h16-17H,5-15H2,1-4H3;13-14H,5-12H2,1-4H3;9-10H,3-8H2,1-2H3;7-10H,1-6H3;9H,4-8H2,1-3H3. The first-order valence-electron chi connectivity index (χ1n) is 28.6. The van der Waals surface area contributed by atoms with Crippen LogP contribution in [0.5, 0.6) is 0 Å². The van der Waals surface area contributed by atoms with E-state index in [2.05, 4.69) is 132 Å². The number of hydrogen-bond acceptors (Lipinski definition) is 0. The van der Waals surface area contributed by atoms with Crippen molar-refractivity contribution in [2.24, 2.45) is 65.1 Å². The lowest BCUT2D eigenvalue weighted by Gasteiger charge is -2.26. The summed E-state index contributed by atoms with van der Waals surface area (Å²) in [5, 5.41) is 0. The fraction of sp³-hybridized carbons (Fsp3) is 1.00. The van der Waals surface area contributed by atoms with Crippen molar-refractivity contribution in [3.63, 3.8) is 0 Å². The van der Waals surface area contributed by atoms with Crippen LogP contribution in [0.4, 0.5) is 0 Å². The first kappa shape index (κ1) is 66.6. The molecule has 0 nitrogen and oxygen atoms in total. The van der Waals surface area contributed by atoms with Crippen molar-refractivity contribution >= 4 is 0 Å². The minimum atomic E-state index is 0.831. The normalized spacial score (nSPS) is 18.6. The van der Waals surface area contributed by atoms with Crippen LogP contribution >= 0.6 is 0 Å². The Morgan fingerprint density at radius 2 is 0.650 bits per heavy atom. The van der Waals surface area contributed by atoms with Crippen LogP contribution in [0, 0.1) is 65.1 Å². The van der Waals surface area contributed by atoms with Crippen molar-refractivity contribution in [1.29, 1.82) is 0 Å². The molecule has 0 radical (unpaired) electrons. The van der Waals surface area contributed by atoms with Gasteiger partial charge in [0.2, 0.25) is 0 Å². The maximum Gasteiger partial charge on any atom is -0.0391 e. The Labute approximate surface area is 387 Å². The zero-order valence-electron chi connectivity index (χ0n) is 46.6. The second-order valence-corrected chi connectivity index (χ2v) is 21.7. The lowest BCUT2D eigenvalue weighted by Crippen LogP contribution is -2.18. The molecule has 0 aliphatic heterocycles. The lowest BCUT2D eigenvalue weighted by molar-refractivity contribution is 0.235. The largest absolute Gasteiger partial charge is 0.0654 e. The molecule has 0 aromatic rings. The van der Waals surface area contributed by atoms with Crippen LogP contribution in [0.1, 0.15) is 324 Å². The number of rotatable bonds is 31. The fourth-order valence-corrected chi connectivity index (χ4v) is 9.22. The molecular formula is C60H128. The Kier molecular flexibility index (Phi) is 55.5. The van der Waals surface area contributed by atoms with Gasteiger partial charge in [-0.25, -0.2) is 0 Å². The zero-order chi connectivity index (χ0) is 46.6. The van der Waals surface area contributed by atoms with Gasteiger partial charge in [0.25, 0.3) is 0 Å². The third-order valence-corrected chi connectivity index (χ3v) is 15.8. The average Bonchev–Trinajstić information content (AvgIpc) is 3.25. The minimum Gasteiger partial charge on any atom is -0.0654 e. The third-order valence-electron chi connectivity index (χ3n) is 15.8. The van der Waals surface area contributed by atoms with Crippen molar-refractivity contribution in [3.8, 4) is 0 Å². The van der Waals surface area contributed by atoms with Gasteiger partial charge in [-0.3, -0.25) is 0 Å². The van der Waals surface area contributed by atoms with Crippen molar-refractivity contribution in [2.75, 3.05) is 0 Å². The predicted molar refractivity (Wildman–Crippen MR) is 285 cm³/mol. The molecule has 368 valence electrons. The van der Waals surface area contributed by atoms with Crippen LogP contribution in [-0.4, -0.2) is 0 Å². The van der Waals surface area contributed by atoms with Crippen LogP contribution in [-0.2, 0) is 0 Å². The monoisotopic (exact) mass is 849 g/mol. The molecule has 7 unspecified atom stereocenters. The summed E-state index contributed by atoms with van der Waals surface area (Å²) >= 11 is 0. The molecule has 0 aromatic heterocycles. The maximum atomic E-state index is 2.45. The summed E-state index contributed by atoms with van der Waals surface area (Å²) in [5.74, 6) is 10.3. The van der Waals surface area contributed by atoms with Gasteiger partial charge < -0.3 is 0 Å². The molecule has 0 bridgehead atoms. The summed E-state index contributed by atoms with van der Waals surface area (Å²) < 4.78 is 0. The van der Waals surface area contributed by atoms with Gasteiger partial charge in [0.1, 0.15) is 0 Å². The van der Waals surface area contributed by atoms with E-state index in [1.807, 2.05) is 0 Å². The molecule has 1 aliphatic rings. The highest BCUT2D eigenvalue weighted by Gasteiger charge is 2.19. The van der Waals surface area contributed by atoms with Crippen molar-refractivity contribution < 1.29 is 0 Å². The smallest absolute Gasteiger partial charge is 0.0391 e. The first-order chi connectivity index (χ1) is 28.6. The minimum absolute atomic E-state index is 0.831. The average molecular weight is 850 g/mol. The lowest BCUT2D eigenvalue weighted by atomic mass is 9.80. The Morgan fingerprint density at radius 3 is 1.00 bits per heavy atom. The number of unbranched alkanes of at least 4 members (excludes halogenated alkanes) is 12. The van der Waals surface area contributed by atoms with Gasteiger partial charge in [0, 0.05) is 0 Å². The van der Waals surface area contributed by atoms with E-state index in [0.29, 0.717) is 0 Å². The van der Waals surface area contributed by atoms with Gasteiger partial charge in [-0.15, -0.1) is 0 Å². The highest BCUT2D eigenvalue weighted by molar-refractivity contribution is 4.71. The molecule has 0 aromatic carbocycles. The Morgan fingerprint density at radius 1 is 0.317 bits per heavy atom. The summed E-state index contributed by atoms with van der Waals surface area (Å²) in [7, 11) is 0. The molecule has 0 amide bonds. The Balaban J connectivity index is -0.000000334. The summed E-state index contributed by atoms with van der Waals surface area (Å²) in [6.07, 6.45) is 43.0. The number of hydrogen-bond donors (Lipinski definition) is 0. The van der Waals surface area contributed by atoms with Crippen LogP contribution in [0.2, 0.25) is 0 Å². The van der Waals surface area contributed by atoms with Crippen LogP contribution in [0.25, 0.3) is 0 Å². The summed E-state index contributed by atoms with van der Waals surface area (Å²) in [4.78, 5) is 0. The van der Waals surface area contributed by atoms with Gasteiger partial charge in [-0.2, -0.15) is 0 Å². The van der Waals surface area contributed by atoms with Crippen LogP contribution in [0.15, 0.2) is 0 Å². The third kappa shape index (κ3) is 44.6. The van der Waals surface area contributed by atoms with E-state index >= 15 is 0 Å². The molecule has 0 spiro atoms. The second-order valence-electron chi connectivity index (χ2n) is 21.7. The molecule has 60 heavy (non-hydrogen) atoms. The molecule has 1 aliphatic carbocycles. The summed E-state index contributed by atoms with van der Waals surface area (Å²) in [6.45, 7) is 44.4. The molecule has 0 heterocycles. The van der Waals surface area contributed by atoms with E-state index in [4.69, 9.17) is 0 Å². The molecule has 1 fully saturated rings. The van der Waals surface area contributed by atoms with Gasteiger partial charge in [-0.05, 0) is 65.1 Å². The van der Waals surface area contributed by atoms with Crippen LogP contribution in [0.3, 0.4) is 0 Å². The van der Waals surface area contributed by atoms with E-state index in [-0.39, 0.29) is 0 Å². The maximum absolute atomic E-state index is 2.45. The molecule has 1 rings (SSSR count). The quantitative estimate of drug-likeness (QED) is 0.0610. The van der Waals surface area contributed by atoms with E-state index in [9.17, 15) is 0 Å². The summed E-state index contributed by atoms with van der Waals surface area (Å²) in [6, 6.07) is 0. The molecule has 0 heteroatoms. The Bertz CT molecular complexity index is 717. The first-order valence-corrected chi connectivity index (χ1v) is 28.6. The van der Waals surface area contributed by atoms with E-state index in [1.54, 1.807) is 0 Å². The van der Waals surface area contributed by atoms with Crippen LogP contribution < -0.4 is 0 Å². The van der Waals surface area contributed by atoms with E-state index in [1.165, 1.54) is 193 Å². The Hall–Kier alpha value is 0. The van der Waals surface area contributed by atoms with Crippen molar-refractivity contribution in [3.05, 3.63) is 0 Å². The topological polar surface area (TPSA) is 0 Å². The summed E-state index contributed by atoms with van der Waals surface area (Å²) in [5.41, 5.74) is 0. The fourth-order valence-electron chi connectivity index (χ4n) is 9.22. The second kappa shape index (κ2) is 50.0. The van der Waals surface area contributed by atoms with Crippen molar-refractivity contribution in [1.82, 2.24) is 0 Å². The molecular weight excluding hydrogens is 721 g/mol. The molecule has 1 saturated carbocycles. The molecule has 7 atom stereocenters. The van der Waals surface area contributed by atoms with E-state index in [0.717, 1.165) is 65.1 Å². The molecule has 0 saturated heterocycles.